The van der Waals surface area contributed by atoms with Gasteiger partial charge >= 0.3 is 0 Å². The Morgan fingerprint density at radius 1 is 1.22 bits per heavy atom. The molecule has 2 aromatic carbocycles. The fraction of sp³-hybridized carbons (Fsp3) is 0.500. The first-order valence-electron chi connectivity index (χ1n) is 11.5. The van der Waals surface area contributed by atoms with Gasteiger partial charge in [0.2, 0.25) is 5.91 Å². The minimum absolute atomic E-state index is 0.115. The van der Waals surface area contributed by atoms with Crippen molar-refractivity contribution in [1.29, 1.82) is 0 Å². The molecule has 0 aliphatic carbocycles. The zero-order valence-corrected chi connectivity index (χ0v) is 19.1. The maximum atomic E-state index is 13.4. The average Bonchev–Trinajstić information content (AvgIpc) is 2.80. The molecule has 2 heterocycles. The van der Waals surface area contributed by atoms with Crippen LogP contribution in [0, 0.1) is 5.82 Å². The summed E-state index contributed by atoms with van der Waals surface area (Å²) in [4.78, 5) is 16.1. The molecule has 0 N–H and O–H groups in total. The number of halogens is 1. The Labute approximate surface area is 190 Å². The fourth-order valence-corrected chi connectivity index (χ4v) is 4.86. The fourth-order valence-electron chi connectivity index (χ4n) is 4.86. The first kappa shape index (κ1) is 22.7. The highest BCUT2D eigenvalue weighted by molar-refractivity contribution is 5.73. The number of hydrogen-bond acceptors (Lipinski definition) is 4. The summed E-state index contributed by atoms with van der Waals surface area (Å²) in [6.45, 7) is 5.42. The number of nitrogens with zero attached hydrogens (tertiary/aromatic N) is 2. The van der Waals surface area contributed by atoms with Crippen LogP contribution < -0.4 is 4.74 Å². The van der Waals surface area contributed by atoms with E-state index in [1.165, 1.54) is 12.1 Å². The van der Waals surface area contributed by atoms with Crippen LogP contribution in [0.25, 0.3) is 0 Å². The van der Waals surface area contributed by atoms with E-state index < -0.39 is 0 Å². The second-order valence-electron chi connectivity index (χ2n) is 9.11. The summed E-state index contributed by atoms with van der Waals surface area (Å²) in [5, 5.41) is 0. The Bertz CT molecular complexity index is 927. The summed E-state index contributed by atoms with van der Waals surface area (Å²) < 4.78 is 25.8. The minimum Gasteiger partial charge on any atom is -0.489 e. The van der Waals surface area contributed by atoms with Gasteiger partial charge in [-0.1, -0.05) is 30.3 Å². The third kappa shape index (κ3) is 5.48. The summed E-state index contributed by atoms with van der Waals surface area (Å²) >= 11 is 0. The monoisotopic (exact) mass is 440 g/mol. The van der Waals surface area contributed by atoms with Crippen LogP contribution in [0.15, 0.2) is 48.5 Å². The van der Waals surface area contributed by atoms with Crippen molar-refractivity contribution in [3.8, 4) is 5.75 Å². The molecule has 0 unspecified atom stereocenters. The normalized spacial score (nSPS) is 20.8. The van der Waals surface area contributed by atoms with E-state index in [2.05, 4.69) is 11.0 Å². The van der Waals surface area contributed by atoms with Gasteiger partial charge in [0.15, 0.2) is 0 Å². The number of para-hydroxylation sites is 1. The number of rotatable bonds is 6. The van der Waals surface area contributed by atoms with Crippen molar-refractivity contribution in [3.63, 3.8) is 0 Å². The van der Waals surface area contributed by atoms with Crippen LogP contribution >= 0.6 is 0 Å². The lowest BCUT2D eigenvalue weighted by Gasteiger charge is -2.47. The molecule has 172 valence electrons. The number of benzene rings is 2. The maximum absolute atomic E-state index is 13.4. The Balaban J connectivity index is 1.34. The maximum Gasteiger partial charge on any atom is 0.219 e. The zero-order valence-electron chi connectivity index (χ0n) is 19.1. The lowest BCUT2D eigenvalue weighted by molar-refractivity contribution is -0.146. The van der Waals surface area contributed by atoms with Crippen LogP contribution in [-0.2, 0) is 22.7 Å². The molecule has 0 aromatic heterocycles. The molecule has 1 amide bonds. The molecule has 6 heteroatoms. The Hall–Kier alpha value is -2.44. The molecule has 4 rings (SSSR count). The molecule has 2 aromatic rings. The largest absolute Gasteiger partial charge is 0.489 e. The van der Waals surface area contributed by atoms with Gasteiger partial charge in [-0.25, -0.2) is 4.39 Å². The van der Waals surface area contributed by atoms with Crippen LogP contribution in [0.2, 0.25) is 0 Å². The lowest BCUT2D eigenvalue weighted by Crippen LogP contribution is -2.53. The van der Waals surface area contributed by atoms with E-state index in [1.54, 1.807) is 13.0 Å². The predicted octanol–water partition coefficient (Wildman–Crippen LogP) is 4.40. The quantitative estimate of drug-likeness (QED) is 0.668. The van der Waals surface area contributed by atoms with Gasteiger partial charge in [-0.2, -0.15) is 0 Å². The molecule has 1 spiro atoms. The second kappa shape index (κ2) is 10.0. The van der Waals surface area contributed by atoms with Crippen LogP contribution in [0.1, 0.15) is 43.7 Å². The van der Waals surface area contributed by atoms with Crippen LogP contribution in [0.3, 0.4) is 0 Å². The van der Waals surface area contributed by atoms with E-state index in [4.69, 9.17) is 9.47 Å². The molecule has 2 fully saturated rings. The number of hydrogen-bond donors (Lipinski definition) is 0. The van der Waals surface area contributed by atoms with Gasteiger partial charge in [0.25, 0.3) is 0 Å². The van der Waals surface area contributed by atoms with Gasteiger partial charge in [0, 0.05) is 51.8 Å². The first-order chi connectivity index (χ1) is 15.4. The number of piperidine rings is 1. The predicted molar refractivity (Wildman–Crippen MR) is 122 cm³/mol. The average molecular weight is 441 g/mol. The van der Waals surface area contributed by atoms with Crippen molar-refractivity contribution in [2.45, 2.75) is 57.4 Å². The van der Waals surface area contributed by atoms with Crippen molar-refractivity contribution < 1.29 is 18.7 Å². The van der Waals surface area contributed by atoms with Gasteiger partial charge in [-0.15, -0.1) is 0 Å². The Morgan fingerprint density at radius 2 is 2.00 bits per heavy atom. The molecule has 32 heavy (non-hydrogen) atoms. The Kier molecular flexibility index (Phi) is 7.11. The van der Waals surface area contributed by atoms with Crippen LogP contribution in [0.4, 0.5) is 4.39 Å². The highest BCUT2D eigenvalue weighted by Gasteiger charge is 2.41. The van der Waals surface area contributed by atoms with Crippen molar-refractivity contribution in [3.05, 3.63) is 65.5 Å². The molecule has 0 radical (unpaired) electrons. The number of likely N-dealkylation sites (tertiary alicyclic amines) is 1. The standard InChI is InChI=1S/C26H33FN2O3/c1-20(30)28(2)24-10-15-32-26(17-24)11-13-29(14-12-26)18-22-7-3-4-9-25(22)31-19-21-6-5-8-23(27)16-21/h3-9,16,24H,10-15,17-19H2,1-2H3/t24-/m1/s1. The van der Waals surface area contributed by atoms with E-state index in [9.17, 15) is 9.18 Å². The molecular weight excluding hydrogens is 407 g/mol. The molecule has 2 aliphatic rings. The van der Waals surface area contributed by atoms with Crippen molar-refractivity contribution in [1.82, 2.24) is 9.80 Å². The number of carbonyl (C=O) groups is 1. The smallest absolute Gasteiger partial charge is 0.219 e. The highest BCUT2D eigenvalue weighted by Crippen LogP contribution is 2.37. The molecule has 0 bridgehead atoms. The summed E-state index contributed by atoms with van der Waals surface area (Å²) in [6.07, 6.45) is 3.78. The molecule has 1 atom stereocenters. The minimum atomic E-state index is -0.247. The van der Waals surface area contributed by atoms with E-state index in [0.29, 0.717) is 6.61 Å². The van der Waals surface area contributed by atoms with Crippen molar-refractivity contribution in [2.24, 2.45) is 0 Å². The third-order valence-corrected chi connectivity index (χ3v) is 6.93. The summed E-state index contributed by atoms with van der Waals surface area (Å²) in [7, 11) is 1.90. The van der Waals surface area contributed by atoms with Crippen molar-refractivity contribution >= 4 is 5.91 Å². The number of amides is 1. The molecular formula is C26H33FN2O3. The summed E-state index contributed by atoms with van der Waals surface area (Å²) in [5.41, 5.74) is 1.84. The van der Waals surface area contributed by atoms with E-state index in [-0.39, 0.29) is 23.4 Å². The van der Waals surface area contributed by atoms with E-state index in [1.807, 2.05) is 36.2 Å². The van der Waals surface area contributed by atoms with Gasteiger partial charge in [0.1, 0.15) is 18.2 Å². The van der Waals surface area contributed by atoms with Gasteiger partial charge < -0.3 is 14.4 Å². The third-order valence-electron chi connectivity index (χ3n) is 6.93. The van der Waals surface area contributed by atoms with Crippen LogP contribution in [0.5, 0.6) is 5.75 Å². The van der Waals surface area contributed by atoms with E-state index in [0.717, 1.165) is 68.8 Å². The summed E-state index contributed by atoms with van der Waals surface area (Å²) in [6, 6.07) is 14.9. The molecule has 2 saturated heterocycles. The van der Waals surface area contributed by atoms with Crippen molar-refractivity contribution in [2.75, 3.05) is 26.7 Å². The molecule has 5 nitrogen and oxygen atoms in total. The molecule has 2 aliphatic heterocycles. The van der Waals surface area contributed by atoms with Gasteiger partial charge in [0.05, 0.1) is 5.60 Å². The Morgan fingerprint density at radius 3 is 2.75 bits per heavy atom. The topological polar surface area (TPSA) is 42.0 Å². The number of carbonyl (C=O) groups excluding carboxylic acids is 1. The summed E-state index contributed by atoms with van der Waals surface area (Å²) in [5.74, 6) is 0.719. The first-order valence-corrected chi connectivity index (χ1v) is 11.5. The lowest BCUT2D eigenvalue weighted by atomic mass is 9.82. The SMILES string of the molecule is CC(=O)N(C)[C@@H]1CCOC2(CCN(Cc3ccccc3OCc3cccc(F)c3)CC2)C1. The second-order valence-corrected chi connectivity index (χ2v) is 9.11. The number of ether oxygens (including phenoxy) is 2. The van der Waals surface area contributed by atoms with E-state index >= 15 is 0 Å². The van der Waals surface area contributed by atoms with Crippen LogP contribution in [-0.4, -0.2) is 54.1 Å². The van der Waals surface area contributed by atoms with Gasteiger partial charge in [-0.05, 0) is 49.4 Å². The zero-order chi connectivity index (χ0) is 22.6. The van der Waals surface area contributed by atoms with Gasteiger partial charge in [-0.3, -0.25) is 9.69 Å². The highest BCUT2D eigenvalue weighted by atomic mass is 19.1. The molecule has 0 saturated carbocycles.